The molecule has 0 spiro atoms. The van der Waals surface area contributed by atoms with Crippen molar-refractivity contribution in [3.05, 3.63) is 66.7 Å². The highest BCUT2D eigenvalue weighted by molar-refractivity contribution is 6.31. The summed E-state index contributed by atoms with van der Waals surface area (Å²) in [4.78, 5) is 20.2. The lowest BCUT2D eigenvalue weighted by Crippen LogP contribution is -2.13. The summed E-state index contributed by atoms with van der Waals surface area (Å²) in [5.41, 5.74) is 2.81. The maximum absolute atomic E-state index is 13.8. The van der Waals surface area contributed by atoms with E-state index in [9.17, 15) is 29.0 Å². The first-order valence-corrected chi connectivity index (χ1v) is 6.68. The Balaban J connectivity index is 2.41. The van der Waals surface area contributed by atoms with Crippen molar-refractivity contribution in [2.24, 2.45) is 0 Å². The van der Waals surface area contributed by atoms with Gasteiger partial charge in [-0.25, -0.2) is 8.78 Å². The summed E-state index contributed by atoms with van der Waals surface area (Å²) in [5.74, 6) is -2.37. The normalized spacial score (nSPS) is 10.3. The van der Waals surface area contributed by atoms with E-state index in [0.29, 0.717) is 17.7 Å². The summed E-state index contributed by atoms with van der Waals surface area (Å²) < 4.78 is 26.9. The van der Waals surface area contributed by atoms with Gasteiger partial charge in [-0.2, -0.15) is 0 Å². The Kier molecular flexibility index (Phi) is 4.79. The van der Waals surface area contributed by atoms with Crippen LogP contribution >= 0.6 is 11.6 Å². The summed E-state index contributed by atoms with van der Waals surface area (Å²) in [6.07, 6.45) is 0. The standard InChI is InChI=1S/C13H9ClF2N4O4/c1-6-2-11(19(21)22)10(5-8(6)14)17-18-13-9(16)3-7(15)4-12(13)20(23)24/h2-5,17-18H,1H3. The molecular weight excluding hydrogens is 350 g/mol. The van der Waals surface area contributed by atoms with E-state index in [0.717, 1.165) is 0 Å². The van der Waals surface area contributed by atoms with Gasteiger partial charge in [0.05, 0.1) is 15.9 Å². The van der Waals surface area contributed by atoms with E-state index in [1.54, 1.807) is 6.92 Å². The maximum Gasteiger partial charge on any atom is 0.300 e. The second-order valence-corrected chi connectivity index (χ2v) is 5.07. The molecule has 0 atom stereocenters. The van der Waals surface area contributed by atoms with Crippen molar-refractivity contribution in [3.63, 3.8) is 0 Å². The number of benzene rings is 2. The van der Waals surface area contributed by atoms with E-state index in [4.69, 9.17) is 11.6 Å². The number of nitrogens with one attached hydrogen (secondary N) is 2. The van der Waals surface area contributed by atoms with E-state index in [1.165, 1.54) is 12.1 Å². The molecule has 8 nitrogen and oxygen atoms in total. The molecule has 2 aromatic rings. The molecule has 0 fully saturated rings. The Morgan fingerprint density at radius 1 is 1.00 bits per heavy atom. The molecule has 0 aliphatic carbocycles. The topological polar surface area (TPSA) is 110 Å². The molecule has 0 heterocycles. The molecule has 0 aliphatic rings. The molecule has 0 saturated heterocycles. The number of aryl methyl sites for hydroxylation is 1. The van der Waals surface area contributed by atoms with Crippen molar-refractivity contribution in [2.75, 3.05) is 10.9 Å². The fraction of sp³-hybridized carbons (Fsp3) is 0.0769. The fourth-order valence-corrected chi connectivity index (χ4v) is 2.04. The highest BCUT2D eigenvalue weighted by Crippen LogP contribution is 2.33. The van der Waals surface area contributed by atoms with Crippen molar-refractivity contribution < 1.29 is 18.6 Å². The monoisotopic (exact) mass is 358 g/mol. The van der Waals surface area contributed by atoms with Gasteiger partial charge in [0.15, 0.2) is 11.5 Å². The van der Waals surface area contributed by atoms with E-state index in [1.807, 2.05) is 0 Å². The predicted molar refractivity (Wildman–Crippen MR) is 83.1 cm³/mol. The minimum atomic E-state index is -1.24. The van der Waals surface area contributed by atoms with Gasteiger partial charge in [-0.1, -0.05) is 11.6 Å². The average molecular weight is 359 g/mol. The van der Waals surface area contributed by atoms with Crippen LogP contribution in [0.2, 0.25) is 5.02 Å². The summed E-state index contributed by atoms with van der Waals surface area (Å²) in [7, 11) is 0. The zero-order chi connectivity index (χ0) is 18.0. The zero-order valence-electron chi connectivity index (χ0n) is 12.0. The third-order valence-electron chi connectivity index (χ3n) is 3.03. The van der Waals surface area contributed by atoms with Gasteiger partial charge in [0.1, 0.15) is 11.5 Å². The summed E-state index contributed by atoms with van der Waals surface area (Å²) in [6.45, 7) is 1.55. The van der Waals surface area contributed by atoms with Gasteiger partial charge in [0, 0.05) is 17.2 Å². The number of rotatable bonds is 5. The molecule has 2 N–H and O–H groups in total. The molecule has 0 aromatic heterocycles. The summed E-state index contributed by atoms with van der Waals surface area (Å²) in [5, 5.41) is 22.1. The summed E-state index contributed by atoms with van der Waals surface area (Å²) in [6, 6.07) is 3.34. The average Bonchev–Trinajstić information content (AvgIpc) is 2.48. The lowest BCUT2D eigenvalue weighted by molar-refractivity contribution is -0.384. The van der Waals surface area contributed by atoms with Gasteiger partial charge < -0.3 is 0 Å². The number of nitro benzene ring substituents is 2. The molecule has 126 valence electrons. The zero-order valence-corrected chi connectivity index (χ0v) is 12.7. The Hall–Kier alpha value is -3.01. The van der Waals surface area contributed by atoms with Gasteiger partial charge in [-0.05, 0) is 18.6 Å². The van der Waals surface area contributed by atoms with Gasteiger partial charge >= 0.3 is 0 Å². The van der Waals surface area contributed by atoms with Crippen LogP contribution < -0.4 is 10.9 Å². The number of hydrogen-bond acceptors (Lipinski definition) is 6. The van der Waals surface area contributed by atoms with Crippen molar-refractivity contribution in [1.29, 1.82) is 0 Å². The van der Waals surface area contributed by atoms with Crippen molar-refractivity contribution >= 4 is 34.4 Å². The molecule has 24 heavy (non-hydrogen) atoms. The van der Waals surface area contributed by atoms with Crippen LogP contribution in [-0.4, -0.2) is 9.85 Å². The molecule has 0 aliphatic heterocycles. The Morgan fingerprint density at radius 3 is 2.21 bits per heavy atom. The SMILES string of the molecule is Cc1cc([N+](=O)[O-])c(NNc2c(F)cc(F)cc2[N+](=O)[O-])cc1Cl. The van der Waals surface area contributed by atoms with Crippen LogP contribution in [0.3, 0.4) is 0 Å². The number of nitrogens with zero attached hydrogens (tertiary/aromatic N) is 2. The molecule has 0 amide bonds. The molecule has 11 heteroatoms. The van der Waals surface area contributed by atoms with Crippen LogP contribution in [0.25, 0.3) is 0 Å². The first-order chi connectivity index (χ1) is 11.2. The molecule has 2 aromatic carbocycles. The first-order valence-electron chi connectivity index (χ1n) is 6.30. The van der Waals surface area contributed by atoms with E-state index in [-0.39, 0.29) is 16.4 Å². The van der Waals surface area contributed by atoms with Crippen LogP contribution in [0.5, 0.6) is 0 Å². The molecule has 0 radical (unpaired) electrons. The second kappa shape index (κ2) is 6.62. The highest BCUT2D eigenvalue weighted by Gasteiger charge is 2.22. The molecule has 0 unspecified atom stereocenters. The largest absolute Gasteiger partial charge is 0.300 e. The number of halogens is 3. The lowest BCUT2D eigenvalue weighted by Gasteiger charge is -2.12. The summed E-state index contributed by atoms with van der Waals surface area (Å²) >= 11 is 5.88. The highest BCUT2D eigenvalue weighted by atomic mass is 35.5. The minimum absolute atomic E-state index is 0.145. The van der Waals surface area contributed by atoms with Crippen molar-refractivity contribution in [3.8, 4) is 0 Å². The van der Waals surface area contributed by atoms with E-state index >= 15 is 0 Å². The third-order valence-corrected chi connectivity index (χ3v) is 3.43. The number of hydrogen-bond donors (Lipinski definition) is 2. The quantitative estimate of drug-likeness (QED) is 0.612. The fourth-order valence-electron chi connectivity index (χ4n) is 1.88. The van der Waals surface area contributed by atoms with Crippen LogP contribution in [-0.2, 0) is 0 Å². The Bertz CT molecular complexity index is 847. The molecule has 0 saturated carbocycles. The van der Waals surface area contributed by atoms with Crippen molar-refractivity contribution in [1.82, 2.24) is 0 Å². The Morgan fingerprint density at radius 2 is 1.62 bits per heavy atom. The van der Waals surface area contributed by atoms with Crippen LogP contribution in [0.1, 0.15) is 5.56 Å². The van der Waals surface area contributed by atoms with E-state index < -0.39 is 32.9 Å². The van der Waals surface area contributed by atoms with Gasteiger partial charge in [0.2, 0.25) is 0 Å². The number of nitro groups is 2. The van der Waals surface area contributed by atoms with Gasteiger partial charge in [-0.15, -0.1) is 0 Å². The molecule has 0 bridgehead atoms. The van der Waals surface area contributed by atoms with Crippen LogP contribution in [0.15, 0.2) is 24.3 Å². The van der Waals surface area contributed by atoms with Crippen LogP contribution in [0, 0.1) is 38.8 Å². The predicted octanol–water partition coefficient (Wildman–Crippen LogP) is 4.18. The smallest absolute Gasteiger partial charge is 0.294 e. The van der Waals surface area contributed by atoms with Crippen LogP contribution in [0.4, 0.5) is 31.5 Å². The lowest BCUT2D eigenvalue weighted by atomic mass is 10.2. The number of anilines is 2. The molecule has 2 rings (SSSR count). The minimum Gasteiger partial charge on any atom is -0.294 e. The Labute approximate surface area is 138 Å². The first kappa shape index (κ1) is 17.3. The second-order valence-electron chi connectivity index (χ2n) is 4.66. The van der Waals surface area contributed by atoms with Gasteiger partial charge in [-0.3, -0.25) is 31.1 Å². The number of hydrazine groups is 1. The van der Waals surface area contributed by atoms with Gasteiger partial charge in [0.25, 0.3) is 11.4 Å². The van der Waals surface area contributed by atoms with E-state index in [2.05, 4.69) is 10.9 Å². The maximum atomic E-state index is 13.8. The third kappa shape index (κ3) is 3.49. The molecular formula is C13H9ClF2N4O4. The van der Waals surface area contributed by atoms with Crippen molar-refractivity contribution in [2.45, 2.75) is 6.92 Å².